The lowest BCUT2D eigenvalue weighted by molar-refractivity contribution is 0.0919. The van der Waals surface area contributed by atoms with Crippen molar-refractivity contribution in [1.82, 2.24) is 15.6 Å². The van der Waals surface area contributed by atoms with E-state index in [9.17, 15) is 9.59 Å². The molecule has 0 spiro atoms. The van der Waals surface area contributed by atoms with Crippen LogP contribution in [0.1, 0.15) is 80.0 Å². The Bertz CT molecular complexity index is 556. The van der Waals surface area contributed by atoms with Gasteiger partial charge in [-0.1, -0.05) is 25.7 Å². The first-order valence-corrected chi connectivity index (χ1v) is 8.43. The van der Waals surface area contributed by atoms with Crippen LogP contribution in [0.5, 0.6) is 0 Å². The summed E-state index contributed by atoms with van der Waals surface area (Å²) in [5.74, 6) is -0.357. The van der Waals surface area contributed by atoms with Crippen molar-refractivity contribution in [2.45, 2.75) is 70.9 Å². The molecule has 5 nitrogen and oxygen atoms in total. The highest BCUT2D eigenvalue weighted by molar-refractivity contribution is 5.99. The fourth-order valence-corrected chi connectivity index (χ4v) is 2.79. The van der Waals surface area contributed by atoms with Crippen LogP contribution in [0, 0.1) is 0 Å². The largest absolute Gasteiger partial charge is 0.349 e. The minimum atomic E-state index is -0.324. The molecule has 1 saturated carbocycles. The van der Waals surface area contributed by atoms with Gasteiger partial charge in [-0.2, -0.15) is 0 Å². The first kappa shape index (κ1) is 17.4. The first-order valence-electron chi connectivity index (χ1n) is 8.43. The summed E-state index contributed by atoms with van der Waals surface area (Å²) in [5, 5.41) is 5.96. The van der Waals surface area contributed by atoms with Gasteiger partial charge in [-0.15, -0.1) is 0 Å². The second-order valence-corrected chi connectivity index (χ2v) is 7.33. The second-order valence-electron chi connectivity index (χ2n) is 7.33. The van der Waals surface area contributed by atoms with Crippen molar-refractivity contribution in [2.24, 2.45) is 0 Å². The average molecular weight is 317 g/mol. The maximum Gasteiger partial charge on any atom is 0.253 e. The molecule has 1 aromatic heterocycles. The predicted molar refractivity (Wildman–Crippen MR) is 90.4 cm³/mol. The maximum atomic E-state index is 12.4. The number of amides is 2. The predicted octanol–water partition coefficient (Wildman–Crippen LogP) is 3.06. The highest BCUT2D eigenvalue weighted by atomic mass is 16.2. The fourth-order valence-electron chi connectivity index (χ4n) is 2.79. The first-order chi connectivity index (χ1) is 10.8. The smallest absolute Gasteiger partial charge is 0.253 e. The number of aromatic nitrogens is 1. The topological polar surface area (TPSA) is 71.1 Å². The van der Waals surface area contributed by atoms with E-state index in [2.05, 4.69) is 15.6 Å². The van der Waals surface area contributed by atoms with E-state index in [0.29, 0.717) is 11.1 Å². The van der Waals surface area contributed by atoms with Gasteiger partial charge in [0, 0.05) is 24.0 Å². The number of carbonyl (C=O) groups is 2. The Morgan fingerprint density at radius 1 is 1.00 bits per heavy atom. The third kappa shape index (κ3) is 5.66. The number of nitrogens with zero attached hydrogens (tertiary/aromatic N) is 1. The van der Waals surface area contributed by atoms with E-state index in [0.717, 1.165) is 25.7 Å². The van der Waals surface area contributed by atoms with Gasteiger partial charge in [0.05, 0.1) is 11.1 Å². The standard InChI is InChI=1S/C18H27N3O2/c1-18(2,3)21-17(23)14-10-13(11-19-12-14)16(22)20-15-8-6-4-5-7-9-15/h10-12,15H,4-9H2,1-3H3,(H,20,22)(H,21,23). The molecule has 5 heteroatoms. The minimum absolute atomic E-state index is 0.144. The molecule has 126 valence electrons. The number of hydrogen-bond donors (Lipinski definition) is 2. The van der Waals surface area contributed by atoms with Gasteiger partial charge in [0.25, 0.3) is 11.8 Å². The van der Waals surface area contributed by atoms with Gasteiger partial charge in [0.1, 0.15) is 0 Å². The van der Waals surface area contributed by atoms with Crippen molar-refractivity contribution >= 4 is 11.8 Å². The molecule has 2 N–H and O–H groups in total. The van der Waals surface area contributed by atoms with Crippen LogP contribution in [0.15, 0.2) is 18.5 Å². The molecule has 2 rings (SSSR count). The van der Waals surface area contributed by atoms with Crippen molar-refractivity contribution in [3.63, 3.8) is 0 Å². The molecule has 0 radical (unpaired) electrons. The average Bonchev–Trinajstić information content (AvgIpc) is 2.74. The van der Waals surface area contributed by atoms with Crippen LogP contribution in [-0.4, -0.2) is 28.4 Å². The van der Waals surface area contributed by atoms with Crippen molar-refractivity contribution in [1.29, 1.82) is 0 Å². The Morgan fingerprint density at radius 2 is 1.57 bits per heavy atom. The molecule has 23 heavy (non-hydrogen) atoms. The summed E-state index contributed by atoms with van der Waals surface area (Å²) in [7, 11) is 0. The van der Waals surface area contributed by atoms with Gasteiger partial charge in [-0.05, 0) is 39.7 Å². The van der Waals surface area contributed by atoms with Gasteiger partial charge in [-0.25, -0.2) is 0 Å². The van der Waals surface area contributed by atoms with Crippen LogP contribution < -0.4 is 10.6 Å². The van der Waals surface area contributed by atoms with Gasteiger partial charge in [-0.3, -0.25) is 14.6 Å². The summed E-state index contributed by atoms with van der Waals surface area (Å²) in [6.45, 7) is 5.75. The number of pyridine rings is 1. The zero-order chi connectivity index (χ0) is 16.9. The summed E-state index contributed by atoms with van der Waals surface area (Å²) in [6.07, 6.45) is 9.89. The summed E-state index contributed by atoms with van der Waals surface area (Å²) in [4.78, 5) is 28.6. The third-order valence-electron chi connectivity index (χ3n) is 3.94. The number of nitrogens with one attached hydrogen (secondary N) is 2. The molecule has 1 aliphatic rings. The molecule has 1 fully saturated rings. The third-order valence-corrected chi connectivity index (χ3v) is 3.94. The Labute approximate surface area is 138 Å². The molecule has 0 unspecified atom stereocenters. The van der Waals surface area contributed by atoms with Crippen LogP contribution in [0.3, 0.4) is 0 Å². The van der Waals surface area contributed by atoms with Gasteiger partial charge < -0.3 is 10.6 Å². The lowest BCUT2D eigenvalue weighted by Gasteiger charge is -2.20. The second kappa shape index (κ2) is 7.57. The lowest BCUT2D eigenvalue weighted by Crippen LogP contribution is -2.40. The summed E-state index contributed by atoms with van der Waals surface area (Å²) < 4.78 is 0. The van der Waals surface area contributed by atoms with Gasteiger partial charge >= 0.3 is 0 Å². The Hall–Kier alpha value is -1.91. The number of carbonyl (C=O) groups excluding carboxylic acids is 2. The number of rotatable bonds is 3. The van der Waals surface area contributed by atoms with Crippen molar-refractivity contribution < 1.29 is 9.59 Å². The van der Waals surface area contributed by atoms with Crippen molar-refractivity contribution in [2.75, 3.05) is 0 Å². The quantitative estimate of drug-likeness (QED) is 0.842. The molecule has 1 heterocycles. The molecular weight excluding hydrogens is 290 g/mol. The molecule has 2 amide bonds. The SMILES string of the molecule is CC(C)(C)NC(=O)c1cncc(C(=O)NC2CCCCCC2)c1. The van der Waals surface area contributed by atoms with Crippen molar-refractivity contribution in [3.8, 4) is 0 Å². The van der Waals surface area contributed by atoms with Crippen LogP contribution in [0.4, 0.5) is 0 Å². The number of hydrogen-bond acceptors (Lipinski definition) is 3. The van der Waals surface area contributed by atoms with E-state index in [4.69, 9.17) is 0 Å². The van der Waals surface area contributed by atoms with E-state index in [1.54, 1.807) is 6.07 Å². The molecular formula is C18H27N3O2. The van der Waals surface area contributed by atoms with E-state index < -0.39 is 0 Å². The lowest BCUT2D eigenvalue weighted by atomic mass is 10.1. The highest BCUT2D eigenvalue weighted by Gasteiger charge is 2.19. The van der Waals surface area contributed by atoms with Crippen LogP contribution in [-0.2, 0) is 0 Å². The Kier molecular flexibility index (Phi) is 5.74. The summed E-state index contributed by atoms with van der Waals surface area (Å²) in [5.41, 5.74) is 0.527. The summed E-state index contributed by atoms with van der Waals surface area (Å²) in [6, 6.07) is 1.84. The van der Waals surface area contributed by atoms with Crippen molar-refractivity contribution in [3.05, 3.63) is 29.6 Å². The van der Waals surface area contributed by atoms with Gasteiger partial charge in [0.2, 0.25) is 0 Å². The van der Waals surface area contributed by atoms with Crippen LogP contribution in [0.2, 0.25) is 0 Å². The maximum absolute atomic E-state index is 12.4. The molecule has 0 atom stereocenters. The zero-order valence-corrected chi connectivity index (χ0v) is 14.3. The molecule has 0 bridgehead atoms. The zero-order valence-electron chi connectivity index (χ0n) is 14.3. The van der Waals surface area contributed by atoms with Crippen LogP contribution >= 0.6 is 0 Å². The normalized spacial score (nSPS) is 16.5. The molecule has 0 saturated heterocycles. The fraction of sp³-hybridized carbons (Fsp3) is 0.611. The monoisotopic (exact) mass is 317 g/mol. The van der Waals surface area contributed by atoms with Gasteiger partial charge in [0.15, 0.2) is 0 Å². The van der Waals surface area contributed by atoms with E-state index >= 15 is 0 Å². The molecule has 1 aromatic rings. The minimum Gasteiger partial charge on any atom is -0.349 e. The van der Waals surface area contributed by atoms with Crippen LogP contribution in [0.25, 0.3) is 0 Å². The Morgan fingerprint density at radius 3 is 2.13 bits per heavy atom. The summed E-state index contributed by atoms with van der Waals surface area (Å²) >= 11 is 0. The molecule has 1 aliphatic carbocycles. The molecule has 0 aliphatic heterocycles. The Balaban J connectivity index is 2.03. The highest BCUT2D eigenvalue weighted by Crippen LogP contribution is 2.17. The molecule has 0 aromatic carbocycles. The van der Waals surface area contributed by atoms with E-state index in [-0.39, 0.29) is 23.4 Å². The van der Waals surface area contributed by atoms with E-state index in [1.165, 1.54) is 25.2 Å². The van der Waals surface area contributed by atoms with E-state index in [1.807, 2.05) is 20.8 Å².